The molecule has 0 aromatic heterocycles. The number of anilines is 1. The van der Waals surface area contributed by atoms with Gasteiger partial charge in [0.15, 0.2) is 0 Å². The average Bonchev–Trinajstić information content (AvgIpc) is 3.32. The van der Waals surface area contributed by atoms with Crippen LogP contribution in [-0.4, -0.2) is 26.9 Å². The molecule has 2 aromatic rings. The summed E-state index contributed by atoms with van der Waals surface area (Å²) >= 11 is 0. The van der Waals surface area contributed by atoms with Crippen LogP contribution in [-0.2, 0) is 14.8 Å². The number of hydrogen-bond donors (Lipinski definition) is 1. The van der Waals surface area contributed by atoms with Crippen LogP contribution in [0.15, 0.2) is 47.4 Å². The Morgan fingerprint density at radius 1 is 1.00 bits per heavy atom. The number of amides is 1. The van der Waals surface area contributed by atoms with Crippen LogP contribution in [0.2, 0.25) is 0 Å². The third kappa shape index (κ3) is 4.10. The predicted molar refractivity (Wildman–Crippen MR) is 119 cm³/mol. The van der Waals surface area contributed by atoms with Gasteiger partial charge in [-0.05, 0) is 87.3 Å². The van der Waals surface area contributed by atoms with E-state index in [0.717, 1.165) is 29.5 Å². The van der Waals surface area contributed by atoms with E-state index >= 15 is 0 Å². The van der Waals surface area contributed by atoms with E-state index < -0.39 is 10.0 Å². The molecule has 2 saturated carbocycles. The summed E-state index contributed by atoms with van der Waals surface area (Å²) < 4.78 is 28.2. The van der Waals surface area contributed by atoms with Crippen molar-refractivity contribution in [2.45, 2.75) is 57.4 Å². The van der Waals surface area contributed by atoms with Crippen LogP contribution < -0.4 is 9.62 Å². The number of nitrogens with zero attached hydrogens (tertiary/aromatic N) is 1. The Kier molecular flexibility index (Phi) is 5.62. The summed E-state index contributed by atoms with van der Waals surface area (Å²) in [7, 11) is -3.87. The minimum atomic E-state index is -3.87. The number of carbonyl (C=O) groups is 1. The summed E-state index contributed by atoms with van der Waals surface area (Å²) in [6.45, 7) is 5.64. The van der Waals surface area contributed by atoms with Gasteiger partial charge in [-0.1, -0.05) is 30.2 Å². The lowest BCUT2D eigenvalue weighted by atomic mass is 9.95. The molecule has 2 aliphatic rings. The lowest BCUT2D eigenvalue weighted by molar-refractivity contribution is -0.120. The average molecular weight is 427 g/mol. The molecule has 4 rings (SSSR count). The molecule has 0 aliphatic heterocycles. The fraction of sp³-hybridized carbons (Fsp3) is 0.458. The van der Waals surface area contributed by atoms with Crippen molar-refractivity contribution >= 4 is 21.6 Å². The normalized spacial score (nSPS) is 22.8. The first-order valence-corrected chi connectivity index (χ1v) is 12.1. The topological polar surface area (TPSA) is 66.5 Å². The summed E-state index contributed by atoms with van der Waals surface area (Å²) in [6.07, 6.45) is 4.63. The first kappa shape index (κ1) is 20.9. The number of sulfonamides is 1. The Labute approximate surface area is 179 Å². The van der Waals surface area contributed by atoms with Crippen molar-refractivity contribution in [2.24, 2.45) is 11.8 Å². The van der Waals surface area contributed by atoms with Crippen LogP contribution >= 0.6 is 0 Å². The Bertz CT molecular complexity index is 1050. The minimum absolute atomic E-state index is 0.180. The van der Waals surface area contributed by atoms with Gasteiger partial charge in [-0.3, -0.25) is 9.10 Å². The number of carbonyl (C=O) groups excluding carboxylic acids is 1. The van der Waals surface area contributed by atoms with Gasteiger partial charge in [0.05, 0.1) is 10.6 Å². The molecular formula is C24H30N2O3S. The second-order valence-corrected chi connectivity index (χ2v) is 10.8. The van der Waals surface area contributed by atoms with E-state index in [2.05, 4.69) is 5.32 Å². The SMILES string of the molecule is Cc1ccc(S(=O)(=O)N(CC(=O)N[C@@H]2C[C@H]3CC[C@@H]2C3)c2ccc(C)c(C)c2)cc1. The molecule has 0 radical (unpaired) electrons. The summed E-state index contributed by atoms with van der Waals surface area (Å²) in [5.74, 6) is 1.02. The highest BCUT2D eigenvalue weighted by molar-refractivity contribution is 7.92. The molecule has 5 nitrogen and oxygen atoms in total. The second kappa shape index (κ2) is 8.06. The van der Waals surface area contributed by atoms with Gasteiger partial charge in [0.1, 0.15) is 6.54 Å². The van der Waals surface area contributed by atoms with Gasteiger partial charge >= 0.3 is 0 Å². The summed E-state index contributed by atoms with van der Waals surface area (Å²) in [6, 6.07) is 12.5. The van der Waals surface area contributed by atoms with E-state index in [4.69, 9.17) is 0 Å². The molecule has 2 bridgehead atoms. The summed E-state index contributed by atoms with van der Waals surface area (Å²) in [5.41, 5.74) is 3.57. The zero-order valence-electron chi connectivity index (χ0n) is 17.9. The van der Waals surface area contributed by atoms with Crippen molar-refractivity contribution in [2.75, 3.05) is 10.8 Å². The molecule has 2 aromatic carbocycles. The molecule has 160 valence electrons. The fourth-order valence-electron chi connectivity index (χ4n) is 4.84. The van der Waals surface area contributed by atoms with E-state index in [1.807, 2.05) is 32.9 Å². The van der Waals surface area contributed by atoms with Gasteiger partial charge in [-0.15, -0.1) is 0 Å². The maximum atomic E-state index is 13.5. The molecule has 0 unspecified atom stereocenters. The molecule has 30 heavy (non-hydrogen) atoms. The van der Waals surface area contributed by atoms with Gasteiger partial charge in [0.2, 0.25) is 5.91 Å². The minimum Gasteiger partial charge on any atom is -0.352 e. The zero-order valence-corrected chi connectivity index (χ0v) is 18.7. The molecule has 2 aliphatic carbocycles. The van der Waals surface area contributed by atoms with E-state index in [9.17, 15) is 13.2 Å². The van der Waals surface area contributed by atoms with Gasteiger partial charge < -0.3 is 5.32 Å². The highest BCUT2D eigenvalue weighted by atomic mass is 32.2. The Morgan fingerprint density at radius 2 is 1.73 bits per heavy atom. The van der Waals surface area contributed by atoms with Crippen LogP contribution in [0.3, 0.4) is 0 Å². The third-order valence-electron chi connectivity index (χ3n) is 6.76. The highest BCUT2D eigenvalue weighted by Crippen LogP contribution is 2.44. The van der Waals surface area contributed by atoms with Gasteiger partial charge in [0, 0.05) is 6.04 Å². The molecule has 6 heteroatoms. The van der Waals surface area contributed by atoms with E-state index in [-0.39, 0.29) is 23.4 Å². The monoisotopic (exact) mass is 426 g/mol. The van der Waals surface area contributed by atoms with Crippen molar-refractivity contribution in [3.8, 4) is 0 Å². The molecule has 1 amide bonds. The molecule has 0 heterocycles. The first-order chi connectivity index (χ1) is 14.2. The first-order valence-electron chi connectivity index (χ1n) is 10.7. The van der Waals surface area contributed by atoms with Crippen molar-refractivity contribution in [3.05, 3.63) is 59.2 Å². The summed E-state index contributed by atoms with van der Waals surface area (Å²) in [5, 5.41) is 3.12. The smallest absolute Gasteiger partial charge is 0.264 e. The van der Waals surface area contributed by atoms with Crippen molar-refractivity contribution in [1.82, 2.24) is 5.32 Å². The molecule has 0 spiro atoms. The van der Waals surface area contributed by atoms with Crippen LogP contribution in [0.1, 0.15) is 42.4 Å². The van der Waals surface area contributed by atoms with E-state index in [1.54, 1.807) is 30.3 Å². The fourth-order valence-corrected chi connectivity index (χ4v) is 6.25. The molecular weight excluding hydrogens is 396 g/mol. The van der Waals surface area contributed by atoms with E-state index in [0.29, 0.717) is 17.5 Å². The quantitative estimate of drug-likeness (QED) is 0.756. The Morgan fingerprint density at radius 3 is 2.33 bits per heavy atom. The second-order valence-electron chi connectivity index (χ2n) is 8.94. The largest absolute Gasteiger partial charge is 0.352 e. The van der Waals surface area contributed by atoms with Crippen molar-refractivity contribution < 1.29 is 13.2 Å². The number of hydrogen-bond acceptors (Lipinski definition) is 3. The number of aryl methyl sites for hydroxylation is 3. The van der Waals surface area contributed by atoms with E-state index in [1.165, 1.54) is 17.1 Å². The maximum absolute atomic E-state index is 13.5. The molecule has 2 fully saturated rings. The third-order valence-corrected chi connectivity index (χ3v) is 8.55. The predicted octanol–water partition coefficient (Wildman–Crippen LogP) is 4.11. The maximum Gasteiger partial charge on any atom is 0.264 e. The highest BCUT2D eigenvalue weighted by Gasteiger charge is 2.40. The standard InChI is InChI=1S/C24H30N2O3S/c1-16-4-10-22(11-5-16)30(28,29)26(21-9-6-17(2)18(3)12-21)15-24(27)25-23-14-19-7-8-20(23)13-19/h4-6,9-12,19-20,23H,7-8,13-15H2,1-3H3,(H,25,27)/t19-,20+,23+/m0/s1. The van der Waals surface area contributed by atoms with Gasteiger partial charge in [-0.25, -0.2) is 8.42 Å². The zero-order chi connectivity index (χ0) is 21.5. The number of nitrogens with one attached hydrogen (secondary N) is 1. The Hall–Kier alpha value is -2.34. The molecule has 3 atom stereocenters. The number of rotatable bonds is 6. The number of fused-ring (bicyclic) bond motifs is 2. The van der Waals surface area contributed by atoms with Crippen molar-refractivity contribution in [3.63, 3.8) is 0 Å². The van der Waals surface area contributed by atoms with Crippen LogP contribution in [0.5, 0.6) is 0 Å². The number of benzene rings is 2. The summed E-state index contributed by atoms with van der Waals surface area (Å²) in [4.78, 5) is 13.1. The van der Waals surface area contributed by atoms with Gasteiger partial charge in [-0.2, -0.15) is 0 Å². The van der Waals surface area contributed by atoms with Crippen LogP contribution in [0.25, 0.3) is 0 Å². The molecule has 0 saturated heterocycles. The van der Waals surface area contributed by atoms with Crippen molar-refractivity contribution in [1.29, 1.82) is 0 Å². The molecule has 1 N–H and O–H groups in total. The van der Waals surface area contributed by atoms with Gasteiger partial charge in [0.25, 0.3) is 10.0 Å². The lowest BCUT2D eigenvalue weighted by Gasteiger charge is -2.27. The van der Waals surface area contributed by atoms with Crippen LogP contribution in [0, 0.1) is 32.6 Å². The van der Waals surface area contributed by atoms with Crippen LogP contribution in [0.4, 0.5) is 5.69 Å². The Balaban J connectivity index is 1.62. The lowest BCUT2D eigenvalue weighted by Crippen LogP contribution is -2.46.